The summed E-state index contributed by atoms with van der Waals surface area (Å²) in [5.41, 5.74) is -1.68. The fourth-order valence-electron chi connectivity index (χ4n) is 13.2. The minimum absolute atomic E-state index is 0.172. The number of aliphatic hydroxyl groups excluding tert-OH is 3. The van der Waals surface area contributed by atoms with Crippen LogP contribution in [0.15, 0.2) is 29.6 Å². The molecule has 0 saturated carbocycles. The van der Waals surface area contributed by atoms with E-state index in [-0.39, 0.29) is 49.2 Å². The van der Waals surface area contributed by atoms with E-state index in [0.717, 1.165) is 18.5 Å². The Morgan fingerprint density at radius 1 is 0.974 bits per heavy atom. The predicted molar refractivity (Wildman–Crippen MR) is 290 cm³/mol. The molecule has 0 spiro atoms. The molecular formula is C57H94FN7O13. The molecule has 4 saturated heterocycles. The normalized spacial score (nSPS) is 40.0. The maximum Gasteiger partial charge on any atom is 0.309 e. The van der Waals surface area contributed by atoms with E-state index >= 15 is 4.39 Å². The molecule has 7 rings (SSSR count). The predicted octanol–water partition coefficient (Wildman–Crippen LogP) is 4.33. The van der Waals surface area contributed by atoms with Crippen LogP contribution in [-0.4, -0.2) is 213 Å². The smallest absolute Gasteiger partial charge is 0.309 e. The molecule has 78 heavy (non-hydrogen) atoms. The lowest BCUT2D eigenvalue weighted by molar-refractivity contribution is -0.303. The number of aliphatic hydroxyl groups is 5. The Morgan fingerprint density at radius 3 is 2.37 bits per heavy atom. The minimum Gasteiger partial charge on any atom is -0.459 e. The van der Waals surface area contributed by atoms with Crippen molar-refractivity contribution in [3.63, 3.8) is 0 Å². The van der Waals surface area contributed by atoms with Crippen molar-refractivity contribution in [3.8, 4) is 0 Å². The average Bonchev–Trinajstić information content (AvgIpc) is 4.11. The molecule has 5 N–H and O–H groups in total. The number of aryl methyl sites for hydroxylation is 1. The fraction of sp³-hybridized carbons (Fsp3) is 0.825. The minimum atomic E-state index is -1.82. The number of anilines is 1. The van der Waals surface area contributed by atoms with Gasteiger partial charge in [-0.1, -0.05) is 44.1 Å². The molecule has 0 bridgehead atoms. The number of aromatic nitrogens is 3. The molecule has 4 fully saturated rings. The third-order valence-corrected chi connectivity index (χ3v) is 18.0. The quantitative estimate of drug-likeness (QED) is 0.123. The lowest BCUT2D eigenvalue weighted by Crippen LogP contribution is -2.62. The Hall–Kier alpha value is -3.45. The van der Waals surface area contributed by atoms with E-state index in [9.17, 15) is 30.3 Å². The van der Waals surface area contributed by atoms with Crippen LogP contribution >= 0.6 is 0 Å². The molecule has 20 nitrogen and oxygen atoms in total. The molecule has 5 aliphatic heterocycles. The third kappa shape index (κ3) is 14.2. The second-order valence-corrected chi connectivity index (χ2v) is 24.4. The first-order chi connectivity index (χ1) is 36.8. The van der Waals surface area contributed by atoms with E-state index in [4.69, 9.17) is 33.3 Å². The fourth-order valence-corrected chi connectivity index (χ4v) is 13.2. The average molecular weight is 1100 g/mol. The second-order valence-electron chi connectivity index (χ2n) is 24.4. The summed E-state index contributed by atoms with van der Waals surface area (Å²) < 4.78 is 54.6. The summed E-state index contributed by atoms with van der Waals surface area (Å²) >= 11 is 0. The Balaban J connectivity index is 1.02. The largest absolute Gasteiger partial charge is 0.459 e. The summed E-state index contributed by atoms with van der Waals surface area (Å²) in [5.74, 6) is -3.43. The van der Waals surface area contributed by atoms with Crippen LogP contribution in [0.4, 0.5) is 10.1 Å². The van der Waals surface area contributed by atoms with Crippen LogP contribution in [0.25, 0.3) is 0 Å². The van der Waals surface area contributed by atoms with Crippen molar-refractivity contribution in [2.45, 2.75) is 217 Å². The summed E-state index contributed by atoms with van der Waals surface area (Å²) in [6, 6.07) is 4.28. The van der Waals surface area contributed by atoms with Crippen LogP contribution < -0.4 is 4.90 Å². The van der Waals surface area contributed by atoms with Crippen molar-refractivity contribution in [3.05, 3.63) is 41.5 Å². The van der Waals surface area contributed by atoms with Crippen molar-refractivity contribution in [2.75, 3.05) is 65.5 Å². The highest BCUT2D eigenvalue weighted by Gasteiger charge is 2.55. The first-order valence-corrected chi connectivity index (χ1v) is 28.6. The van der Waals surface area contributed by atoms with Crippen molar-refractivity contribution in [2.24, 2.45) is 28.8 Å². The number of hydrogen-bond acceptors (Lipinski definition) is 19. The Kier molecular flexibility index (Phi) is 20.9. The molecule has 1 aromatic heterocycles. The van der Waals surface area contributed by atoms with Crippen molar-refractivity contribution < 1.29 is 68.0 Å². The van der Waals surface area contributed by atoms with Gasteiger partial charge in [-0.2, -0.15) is 0 Å². The van der Waals surface area contributed by atoms with Gasteiger partial charge in [-0.15, -0.1) is 5.10 Å². The summed E-state index contributed by atoms with van der Waals surface area (Å²) in [5, 5.41) is 73.3. The van der Waals surface area contributed by atoms with Gasteiger partial charge in [0.15, 0.2) is 12.4 Å². The summed E-state index contributed by atoms with van der Waals surface area (Å²) in [7, 11) is 5.37. The first-order valence-electron chi connectivity index (χ1n) is 28.6. The van der Waals surface area contributed by atoms with Crippen LogP contribution in [0.5, 0.6) is 0 Å². The number of ether oxygens (including phenoxy) is 6. The van der Waals surface area contributed by atoms with Gasteiger partial charge in [0.25, 0.3) is 0 Å². The monoisotopic (exact) mass is 1100 g/mol. The van der Waals surface area contributed by atoms with Crippen molar-refractivity contribution in [1.29, 1.82) is 0 Å². The Labute approximate surface area is 461 Å². The molecule has 0 aliphatic carbocycles. The highest BCUT2D eigenvalue weighted by atomic mass is 19.1. The number of morpholine rings is 1. The Bertz CT molecular complexity index is 2290. The van der Waals surface area contributed by atoms with E-state index in [1.807, 2.05) is 70.8 Å². The van der Waals surface area contributed by atoms with Crippen LogP contribution in [0.2, 0.25) is 0 Å². The molecule has 6 heterocycles. The van der Waals surface area contributed by atoms with E-state index < -0.39 is 95.6 Å². The highest BCUT2D eigenvalue weighted by molar-refractivity contribution is 6.01. The van der Waals surface area contributed by atoms with Crippen molar-refractivity contribution in [1.82, 2.24) is 24.8 Å². The summed E-state index contributed by atoms with van der Waals surface area (Å²) in [4.78, 5) is 26.5. The zero-order valence-electron chi connectivity index (χ0n) is 48.7. The molecule has 5 aliphatic rings. The van der Waals surface area contributed by atoms with Gasteiger partial charge in [-0.3, -0.25) is 4.79 Å². The van der Waals surface area contributed by atoms with E-state index in [1.54, 1.807) is 38.4 Å². The lowest BCUT2D eigenvalue weighted by Gasteiger charge is -2.51. The number of esters is 1. The van der Waals surface area contributed by atoms with Gasteiger partial charge >= 0.3 is 5.97 Å². The number of halogens is 1. The van der Waals surface area contributed by atoms with Crippen LogP contribution in [0, 0.1) is 29.5 Å². The van der Waals surface area contributed by atoms with Crippen LogP contribution in [-0.2, 0) is 51.0 Å². The van der Waals surface area contributed by atoms with Crippen molar-refractivity contribution >= 4 is 17.4 Å². The summed E-state index contributed by atoms with van der Waals surface area (Å²) in [6.07, 6.45) is -2.82. The van der Waals surface area contributed by atoms with E-state index in [2.05, 4.69) is 20.4 Å². The number of oxime groups is 1. The van der Waals surface area contributed by atoms with Crippen LogP contribution in [0.1, 0.15) is 125 Å². The van der Waals surface area contributed by atoms with Crippen LogP contribution in [0.3, 0.4) is 0 Å². The maximum absolute atomic E-state index is 15.2. The first kappa shape index (κ1) is 62.2. The standard InChI is InChI=1S/C57H94FN7O13/c1-14-47-57(10,71)50(67)37(6)63(12)30-33(2)28-55(8,70)52(35(4)48(36(5)53(69)76-47)46-29-56(9,72-13)51(68)38(7)75-46)77-54-49(66)45(25-34(3)74-54)62(11)20-16-15-17-40-31-65(61-59-40)32-41-27-43(60-78-41)39-18-19-44(42(58)26-39)64-21-23-73-24-22-64/h18-19,26,31,33-38,41,45-52,54,66-68,70-71H,14-17,20-25,27-30,32H2,1-13H3/t33-,34-,35+,36-,37-,38+,41-,45+,46?,47-,48+,49-,50-,51+,52-,54+,55-,56-,57-/m1/s1. The number of cyclic esters (lactones) is 1. The number of unbranched alkanes of at least 4 members (excludes halogenated alkanes) is 1. The molecular weight excluding hydrogens is 1010 g/mol. The molecule has 1 unspecified atom stereocenters. The Morgan fingerprint density at radius 2 is 1.69 bits per heavy atom. The second kappa shape index (κ2) is 26.2. The number of carbonyl (C=O) groups is 1. The number of hydrogen-bond donors (Lipinski definition) is 5. The van der Waals surface area contributed by atoms with Gasteiger partial charge in [0.1, 0.15) is 35.8 Å². The van der Waals surface area contributed by atoms with Gasteiger partial charge < -0.3 is 73.5 Å². The van der Waals surface area contributed by atoms with E-state index in [1.165, 1.54) is 20.1 Å². The number of carbonyl (C=O) groups excluding carboxylic acids is 1. The van der Waals surface area contributed by atoms with Gasteiger partial charge in [0, 0.05) is 69.3 Å². The number of methoxy groups -OCH3 is 1. The molecule has 1 aromatic carbocycles. The number of benzene rings is 1. The molecule has 442 valence electrons. The van der Waals surface area contributed by atoms with Gasteiger partial charge in [-0.25, -0.2) is 9.07 Å². The zero-order valence-corrected chi connectivity index (χ0v) is 48.7. The number of nitrogens with zero attached hydrogens (tertiary/aromatic N) is 7. The molecule has 19 atom stereocenters. The number of rotatable bonds is 15. The zero-order chi connectivity index (χ0) is 57.0. The molecule has 0 radical (unpaired) electrons. The molecule has 21 heteroatoms. The maximum atomic E-state index is 15.2. The molecule has 2 aromatic rings. The summed E-state index contributed by atoms with van der Waals surface area (Å²) in [6.45, 7) is 22.0. The van der Waals surface area contributed by atoms with Gasteiger partial charge in [0.05, 0.1) is 78.4 Å². The SMILES string of the molecule is CC[C@H]1OC(=O)[C@H](C)[C@@H](C2C[C@@](C)(OC)[C@@H](O)[C@H](C)O2)[C@H](C)[C@@H](O[C@@H]2O[C@H](C)C[C@H](N(C)CCCCc3cn(C[C@H]4CC(c5ccc(N6CCOCC6)c(F)c5)=NO4)nn3)[C@H]2O)[C@](C)(O)C[C@@H](C)CN(C)[C@H](C)[C@@H](O)[C@]1(C)O. The van der Waals surface area contributed by atoms with Gasteiger partial charge in [0.2, 0.25) is 0 Å². The third-order valence-electron chi connectivity index (χ3n) is 18.0. The topological polar surface area (TPSA) is 236 Å². The highest BCUT2D eigenvalue weighted by Crippen LogP contribution is 2.45. The van der Waals surface area contributed by atoms with E-state index in [0.29, 0.717) is 82.2 Å². The van der Waals surface area contributed by atoms with Gasteiger partial charge in [-0.05, 0) is 125 Å². The molecule has 0 amide bonds. The number of likely N-dealkylation sites (N-methyl/N-ethyl adjacent to an activating group) is 2. The lowest BCUT2D eigenvalue weighted by atomic mass is 9.68.